The fourth-order valence-electron chi connectivity index (χ4n) is 1.72. The lowest BCUT2D eigenvalue weighted by atomic mass is 10.3. The maximum atomic E-state index is 12.4. The van der Waals surface area contributed by atoms with Crippen molar-refractivity contribution < 1.29 is 8.42 Å². The summed E-state index contributed by atoms with van der Waals surface area (Å²) >= 11 is 0. The Morgan fingerprint density at radius 1 is 1.29 bits per heavy atom. The van der Waals surface area contributed by atoms with Crippen molar-refractivity contribution in [3.05, 3.63) is 24.3 Å². The first-order valence-corrected chi connectivity index (χ1v) is 7.21. The van der Waals surface area contributed by atoms with E-state index in [-0.39, 0.29) is 10.9 Å². The zero-order valence-electron chi connectivity index (χ0n) is 10.6. The molecule has 0 bridgehead atoms. The van der Waals surface area contributed by atoms with Crippen molar-refractivity contribution in [2.45, 2.75) is 38.1 Å². The highest BCUT2D eigenvalue weighted by Crippen LogP contribution is 2.23. The zero-order chi connectivity index (χ0) is 13.1. The van der Waals surface area contributed by atoms with E-state index in [1.54, 1.807) is 24.3 Å². The van der Waals surface area contributed by atoms with E-state index in [2.05, 4.69) is 0 Å². The van der Waals surface area contributed by atoms with Gasteiger partial charge in [-0.2, -0.15) is 4.31 Å². The molecule has 1 aromatic carbocycles. The summed E-state index contributed by atoms with van der Waals surface area (Å²) in [6.07, 6.45) is 0.782. The Balaban J connectivity index is 3.22. The molecule has 0 spiro atoms. The molecule has 0 aliphatic rings. The molecular weight excluding hydrogens is 236 g/mol. The Kier molecular flexibility index (Phi) is 4.54. The molecule has 0 aliphatic heterocycles. The third kappa shape index (κ3) is 2.98. The fourth-order valence-corrected chi connectivity index (χ4v) is 3.57. The molecule has 0 unspecified atom stereocenters. The minimum atomic E-state index is -3.48. The number of sulfonamides is 1. The molecule has 4 nitrogen and oxygen atoms in total. The summed E-state index contributed by atoms with van der Waals surface area (Å²) in [6, 6.07) is 6.51. The second kappa shape index (κ2) is 5.51. The molecule has 0 heterocycles. The van der Waals surface area contributed by atoms with Crippen molar-refractivity contribution >= 4 is 15.7 Å². The Morgan fingerprint density at radius 3 is 2.35 bits per heavy atom. The van der Waals surface area contributed by atoms with Gasteiger partial charge in [-0.25, -0.2) is 8.42 Å². The summed E-state index contributed by atoms with van der Waals surface area (Å²) in [5, 5.41) is 0. The van der Waals surface area contributed by atoms with E-state index in [0.717, 1.165) is 6.42 Å². The molecule has 17 heavy (non-hydrogen) atoms. The smallest absolute Gasteiger partial charge is 0.245 e. The standard InChI is InChI=1S/C12H20N2O2S/c1-4-9-14(10(2)3)17(15,16)12-8-6-5-7-11(12)13/h5-8,10H,4,9,13H2,1-3H3. The Labute approximate surface area is 103 Å². The van der Waals surface area contributed by atoms with Gasteiger partial charge >= 0.3 is 0 Å². The van der Waals surface area contributed by atoms with Gasteiger partial charge in [0, 0.05) is 12.6 Å². The van der Waals surface area contributed by atoms with Gasteiger partial charge in [-0.15, -0.1) is 0 Å². The van der Waals surface area contributed by atoms with Crippen LogP contribution in [0.5, 0.6) is 0 Å². The highest BCUT2D eigenvalue weighted by atomic mass is 32.2. The van der Waals surface area contributed by atoms with E-state index < -0.39 is 10.0 Å². The van der Waals surface area contributed by atoms with Gasteiger partial charge in [0.2, 0.25) is 10.0 Å². The molecule has 1 rings (SSSR count). The number of anilines is 1. The van der Waals surface area contributed by atoms with Crippen LogP contribution in [0.1, 0.15) is 27.2 Å². The predicted octanol–water partition coefficient (Wildman–Crippen LogP) is 2.08. The first kappa shape index (κ1) is 14.0. The lowest BCUT2D eigenvalue weighted by Crippen LogP contribution is -2.37. The van der Waals surface area contributed by atoms with Crippen molar-refractivity contribution in [2.24, 2.45) is 0 Å². The van der Waals surface area contributed by atoms with Crippen molar-refractivity contribution in [3.8, 4) is 0 Å². The number of nitrogens with two attached hydrogens (primary N) is 1. The monoisotopic (exact) mass is 256 g/mol. The van der Waals surface area contributed by atoms with Crippen LogP contribution in [-0.2, 0) is 10.0 Å². The molecule has 0 atom stereocenters. The largest absolute Gasteiger partial charge is 0.398 e. The molecule has 5 heteroatoms. The number of benzene rings is 1. The maximum absolute atomic E-state index is 12.4. The topological polar surface area (TPSA) is 63.4 Å². The number of hydrogen-bond donors (Lipinski definition) is 1. The fraction of sp³-hybridized carbons (Fsp3) is 0.500. The van der Waals surface area contributed by atoms with Gasteiger partial charge in [-0.1, -0.05) is 19.1 Å². The van der Waals surface area contributed by atoms with Crippen LogP contribution in [0.2, 0.25) is 0 Å². The first-order valence-electron chi connectivity index (χ1n) is 5.77. The number of nitrogens with zero attached hydrogens (tertiary/aromatic N) is 1. The van der Waals surface area contributed by atoms with Crippen LogP contribution in [0, 0.1) is 0 Å². The Hall–Kier alpha value is -1.07. The Morgan fingerprint density at radius 2 is 1.88 bits per heavy atom. The first-order chi connectivity index (χ1) is 7.91. The molecule has 0 aliphatic carbocycles. The van der Waals surface area contributed by atoms with Gasteiger partial charge in [0.15, 0.2) is 0 Å². The molecule has 2 N–H and O–H groups in total. The van der Waals surface area contributed by atoms with Crippen LogP contribution in [0.25, 0.3) is 0 Å². The van der Waals surface area contributed by atoms with Gasteiger partial charge in [0.05, 0.1) is 5.69 Å². The summed E-state index contributed by atoms with van der Waals surface area (Å²) in [4.78, 5) is 0.196. The third-order valence-electron chi connectivity index (χ3n) is 2.53. The van der Waals surface area contributed by atoms with Gasteiger partial charge in [-0.3, -0.25) is 0 Å². The maximum Gasteiger partial charge on any atom is 0.245 e. The number of para-hydroxylation sites is 1. The summed E-state index contributed by atoms with van der Waals surface area (Å²) in [5.41, 5.74) is 6.04. The summed E-state index contributed by atoms with van der Waals surface area (Å²) in [5.74, 6) is 0. The number of rotatable bonds is 5. The van der Waals surface area contributed by atoms with Crippen molar-refractivity contribution in [3.63, 3.8) is 0 Å². The second-order valence-corrected chi connectivity index (χ2v) is 6.11. The molecule has 0 saturated heterocycles. The number of hydrogen-bond acceptors (Lipinski definition) is 3. The zero-order valence-corrected chi connectivity index (χ0v) is 11.4. The highest BCUT2D eigenvalue weighted by molar-refractivity contribution is 7.89. The molecule has 0 amide bonds. The lowest BCUT2D eigenvalue weighted by Gasteiger charge is -2.25. The highest BCUT2D eigenvalue weighted by Gasteiger charge is 2.27. The molecule has 0 radical (unpaired) electrons. The quantitative estimate of drug-likeness (QED) is 0.820. The average Bonchev–Trinajstić information content (AvgIpc) is 2.25. The van der Waals surface area contributed by atoms with Crippen LogP contribution in [0.4, 0.5) is 5.69 Å². The van der Waals surface area contributed by atoms with Gasteiger partial charge in [0.1, 0.15) is 4.90 Å². The third-order valence-corrected chi connectivity index (χ3v) is 4.67. The van der Waals surface area contributed by atoms with E-state index in [9.17, 15) is 8.42 Å². The minimum Gasteiger partial charge on any atom is -0.398 e. The molecule has 96 valence electrons. The average molecular weight is 256 g/mol. The second-order valence-electron chi connectivity index (χ2n) is 4.25. The van der Waals surface area contributed by atoms with Crippen LogP contribution in [-0.4, -0.2) is 25.3 Å². The molecular formula is C12H20N2O2S. The minimum absolute atomic E-state index is 0.0699. The normalized spacial score (nSPS) is 12.3. The molecule has 0 aromatic heterocycles. The van der Waals surface area contributed by atoms with E-state index in [1.165, 1.54) is 4.31 Å². The van der Waals surface area contributed by atoms with Gasteiger partial charge in [-0.05, 0) is 32.4 Å². The van der Waals surface area contributed by atoms with E-state index in [0.29, 0.717) is 12.2 Å². The van der Waals surface area contributed by atoms with Gasteiger partial charge < -0.3 is 5.73 Å². The van der Waals surface area contributed by atoms with Crippen molar-refractivity contribution in [2.75, 3.05) is 12.3 Å². The van der Waals surface area contributed by atoms with E-state index in [4.69, 9.17) is 5.73 Å². The SMILES string of the molecule is CCCN(C(C)C)S(=O)(=O)c1ccccc1N. The number of nitrogen functional groups attached to an aromatic ring is 1. The van der Waals surface area contributed by atoms with Crippen molar-refractivity contribution in [1.29, 1.82) is 0 Å². The molecule has 1 aromatic rings. The van der Waals surface area contributed by atoms with Crippen LogP contribution >= 0.6 is 0 Å². The summed E-state index contributed by atoms with van der Waals surface area (Å²) in [6.45, 7) is 6.20. The van der Waals surface area contributed by atoms with Crippen LogP contribution in [0.15, 0.2) is 29.2 Å². The summed E-state index contributed by atoms with van der Waals surface area (Å²) in [7, 11) is -3.48. The van der Waals surface area contributed by atoms with E-state index >= 15 is 0 Å². The molecule has 0 saturated carbocycles. The molecule has 0 fully saturated rings. The Bertz CT molecular complexity index is 469. The summed E-state index contributed by atoms with van der Waals surface area (Å²) < 4.78 is 26.3. The van der Waals surface area contributed by atoms with Gasteiger partial charge in [0.25, 0.3) is 0 Å². The van der Waals surface area contributed by atoms with E-state index in [1.807, 2.05) is 20.8 Å². The van der Waals surface area contributed by atoms with Crippen LogP contribution in [0.3, 0.4) is 0 Å². The van der Waals surface area contributed by atoms with Crippen LogP contribution < -0.4 is 5.73 Å². The lowest BCUT2D eigenvalue weighted by molar-refractivity contribution is 0.354. The van der Waals surface area contributed by atoms with Crippen molar-refractivity contribution in [1.82, 2.24) is 4.31 Å². The predicted molar refractivity (Wildman–Crippen MR) is 70.2 cm³/mol.